The molecule has 0 unspecified atom stereocenters. The van der Waals surface area contributed by atoms with Crippen LogP contribution in [0.25, 0.3) is 42.0 Å². The van der Waals surface area contributed by atoms with Crippen molar-refractivity contribution >= 4 is 53.3 Å². The zero-order chi connectivity index (χ0) is 16.4. The van der Waals surface area contributed by atoms with Crippen molar-refractivity contribution < 1.29 is 0 Å². The topological polar surface area (TPSA) is 4.93 Å². The Hall–Kier alpha value is -2.32. The number of hydrogen-bond donors (Lipinski definition) is 0. The monoisotopic (exact) mass is 329 g/mol. The Balaban J connectivity index is 2.12. The number of benzene rings is 3. The minimum Gasteiger partial charge on any atom is -0.343 e. The predicted octanol–water partition coefficient (Wildman–Crippen LogP) is 6.82. The van der Waals surface area contributed by atoms with E-state index in [1.54, 1.807) is 0 Å². The van der Waals surface area contributed by atoms with Gasteiger partial charge in [-0.1, -0.05) is 50.2 Å². The number of rotatable bonds is 1. The van der Waals surface area contributed by atoms with E-state index in [-0.39, 0.29) is 0 Å². The van der Waals surface area contributed by atoms with E-state index in [9.17, 15) is 0 Å². The molecule has 2 heteroatoms. The summed E-state index contributed by atoms with van der Waals surface area (Å²) >= 11 is 1.90. The first-order chi connectivity index (χ1) is 11.7. The maximum Gasteiger partial charge on any atom is 0.0524 e. The molecule has 0 bridgehead atoms. The lowest BCUT2D eigenvalue weighted by atomic mass is 9.99. The number of thiophene rings is 1. The van der Waals surface area contributed by atoms with E-state index in [4.69, 9.17) is 0 Å². The van der Waals surface area contributed by atoms with Gasteiger partial charge in [0.25, 0.3) is 0 Å². The minimum absolute atomic E-state index is 0.520. The Morgan fingerprint density at radius 1 is 0.792 bits per heavy atom. The fraction of sp³-hybridized carbons (Fsp3) is 0.182. The van der Waals surface area contributed by atoms with Crippen molar-refractivity contribution in [2.75, 3.05) is 0 Å². The number of hydrogen-bond acceptors (Lipinski definition) is 1. The minimum atomic E-state index is 0.520. The van der Waals surface area contributed by atoms with Crippen LogP contribution >= 0.6 is 11.3 Å². The molecule has 0 spiro atoms. The van der Waals surface area contributed by atoms with Crippen LogP contribution in [0.15, 0.2) is 54.6 Å². The van der Waals surface area contributed by atoms with E-state index in [2.05, 4.69) is 80.1 Å². The molecule has 0 aliphatic heterocycles. The highest BCUT2D eigenvalue weighted by atomic mass is 32.1. The normalized spacial score (nSPS) is 12.3. The molecule has 0 amide bonds. The Bertz CT molecular complexity index is 1240. The molecule has 5 rings (SSSR count). The lowest BCUT2D eigenvalue weighted by molar-refractivity contribution is 0.862. The van der Waals surface area contributed by atoms with Crippen LogP contribution < -0.4 is 0 Å². The third kappa shape index (κ3) is 1.69. The summed E-state index contributed by atoms with van der Waals surface area (Å²) in [6, 6.07) is 20.1. The molecule has 2 aromatic heterocycles. The Kier molecular flexibility index (Phi) is 2.84. The van der Waals surface area contributed by atoms with E-state index in [1.807, 2.05) is 11.3 Å². The molecule has 24 heavy (non-hydrogen) atoms. The van der Waals surface area contributed by atoms with Gasteiger partial charge in [0.1, 0.15) is 0 Å². The first-order valence-electron chi connectivity index (χ1n) is 8.48. The van der Waals surface area contributed by atoms with Crippen molar-refractivity contribution in [3.8, 4) is 0 Å². The third-order valence-corrected chi connectivity index (χ3v) is 6.31. The Morgan fingerprint density at radius 3 is 2.42 bits per heavy atom. The molecule has 0 radical (unpaired) electrons. The standard InChI is InChI=1S/C22H19NS/c1-13(2)14-8-6-9-16-20-17(23(3)22(14)16)11-12-19-21(20)15-7-4-5-10-18(15)24-19/h4-13H,1-3H3. The van der Waals surface area contributed by atoms with Crippen LogP contribution in [0.3, 0.4) is 0 Å². The summed E-state index contributed by atoms with van der Waals surface area (Å²) in [5.74, 6) is 0.520. The van der Waals surface area contributed by atoms with Crippen molar-refractivity contribution in [1.29, 1.82) is 0 Å². The number of fused-ring (bicyclic) bond motifs is 7. The highest BCUT2D eigenvalue weighted by Crippen LogP contribution is 2.43. The highest BCUT2D eigenvalue weighted by Gasteiger charge is 2.17. The van der Waals surface area contributed by atoms with Crippen LogP contribution in [0.5, 0.6) is 0 Å². The number of para-hydroxylation sites is 1. The molecule has 0 N–H and O–H groups in total. The second kappa shape index (κ2) is 4.84. The molecule has 3 aromatic carbocycles. The molecular weight excluding hydrogens is 310 g/mol. The molecule has 1 nitrogen and oxygen atoms in total. The fourth-order valence-corrected chi connectivity index (χ4v) is 5.20. The van der Waals surface area contributed by atoms with Crippen LogP contribution in [-0.2, 0) is 7.05 Å². The van der Waals surface area contributed by atoms with Crippen molar-refractivity contribution in [2.45, 2.75) is 19.8 Å². The van der Waals surface area contributed by atoms with Gasteiger partial charge in [0.15, 0.2) is 0 Å². The Labute approximate surface area is 145 Å². The maximum atomic E-state index is 2.38. The molecule has 2 heterocycles. The zero-order valence-corrected chi connectivity index (χ0v) is 14.9. The van der Waals surface area contributed by atoms with Gasteiger partial charge in [-0.25, -0.2) is 0 Å². The van der Waals surface area contributed by atoms with Crippen molar-refractivity contribution in [2.24, 2.45) is 7.05 Å². The number of aromatic nitrogens is 1. The summed E-state index contributed by atoms with van der Waals surface area (Å²) in [5, 5.41) is 5.59. The van der Waals surface area contributed by atoms with Gasteiger partial charge in [0.2, 0.25) is 0 Å². The molecule has 0 aliphatic rings. The largest absolute Gasteiger partial charge is 0.343 e. The maximum absolute atomic E-state index is 2.38. The summed E-state index contributed by atoms with van der Waals surface area (Å²) in [5.41, 5.74) is 4.14. The zero-order valence-electron chi connectivity index (χ0n) is 14.1. The van der Waals surface area contributed by atoms with Crippen molar-refractivity contribution in [3.63, 3.8) is 0 Å². The highest BCUT2D eigenvalue weighted by molar-refractivity contribution is 7.26. The summed E-state index contributed by atoms with van der Waals surface area (Å²) < 4.78 is 5.13. The fourth-order valence-electron chi connectivity index (χ4n) is 4.08. The first kappa shape index (κ1) is 14.1. The second-order valence-electron chi connectivity index (χ2n) is 6.89. The molecule has 118 valence electrons. The molecule has 0 atom stereocenters. The van der Waals surface area contributed by atoms with Gasteiger partial charge in [0, 0.05) is 43.5 Å². The van der Waals surface area contributed by atoms with Crippen LogP contribution in [0.4, 0.5) is 0 Å². The van der Waals surface area contributed by atoms with Crippen molar-refractivity contribution in [3.05, 3.63) is 60.2 Å². The number of nitrogens with zero attached hydrogens (tertiary/aromatic N) is 1. The lowest BCUT2D eigenvalue weighted by Gasteiger charge is -2.09. The van der Waals surface area contributed by atoms with E-state index in [0.717, 1.165) is 0 Å². The first-order valence-corrected chi connectivity index (χ1v) is 9.29. The Morgan fingerprint density at radius 2 is 1.58 bits per heavy atom. The van der Waals surface area contributed by atoms with Crippen LogP contribution in [-0.4, -0.2) is 4.57 Å². The van der Waals surface area contributed by atoms with E-state index >= 15 is 0 Å². The van der Waals surface area contributed by atoms with Crippen LogP contribution in [0.2, 0.25) is 0 Å². The SMILES string of the molecule is CC(C)c1cccc2c3c4c(ccc3n(C)c12)sc1ccccc14. The van der Waals surface area contributed by atoms with Gasteiger partial charge in [-0.2, -0.15) is 0 Å². The van der Waals surface area contributed by atoms with Gasteiger partial charge in [-0.15, -0.1) is 11.3 Å². The van der Waals surface area contributed by atoms with Gasteiger partial charge < -0.3 is 4.57 Å². The smallest absolute Gasteiger partial charge is 0.0524 e. The van der Waals surface area contributed by atoms with Crippen LogP contribution in [0.1, 0.15) is 25.3 Å². The van der Waals surface area contributed by atoms with Gasteiger partial charge in [-0.05, 0) is 29.7 Å². The quantitative estimate of drug-likeness (QED) is 0.318. The molecular formula is C22H19NS. The summed E-state index contributed by atoms with van der Waals surface area (Å²) in [6.45, 7) is 4.56. The van der Waals surface area contributed by atoms with E-state index in [0.29, 0.717) is 5.92 Å². The molecule has 5 aromatic rings. The van der Waals surface area contributed by atoms with Gasteiger partial charge in [0.05, 0.1) is 5.52 Å². The average molecular weight is 329 g/mol. The average Bonchev–Trinajstić information content (AvgIpc) is 3.10. The predicted molar refractivity (Wildman–Crippen MR) is 107 cm³/mol. The lowest BCUT2D eigenvalue weighted by Crippen LogP contribution is -1.94. The van der Waals surface area contributed by atoms with Crippen molar-refractivity contribution in [1.82, 2.24) is 4.57 Å². The van der Waals surface area contributed by atoms with Gasteiger partial charge in [-0.3, -0.25) is 0 Å². The summed E-state index contributed by atoms with van der Waals surface area (Å²) in [6.07, 6.45) is 0. The third-order valence-electron chi connectivity index (χ3n) is 5.18. The number of aryl methyl sites for hydroxylation is 1. The summed E-state index contributed by atoms with van der Waals surface area (Å²) in [7, 11) is 2.21. The second-order valence-corrected chi connectivity index (χ2v) is 7.97. The summed E-state index contributed by atoms with van der Waals surface area (Å²) in [4.78, 5) is 0. The molecule has 0 saturated heterocycles. The van der Waals surface area contributed by atoms with E-state index < -0.39 is 0 Å². The molecule has 0 saturated carbocycles. The van der Waals surface area contributed by atoms with Crippen LogP contribution in [0, 0.1) is 0 Å². The van der Waals surface area contributed by atoms with Gasteiger partial charge >= 0.3 is 0 Å². The molecule has 0 aliphatic carbocycles. The van der Waals surface area contributed by atoms with E-state index in [1.165, 1.54) is 47.5 Å². The molecule has 0 fully saturated rings.